The second-order valence-electron chi connectivity index (χ2n) is 7.07. The summed E-state index contributed by atoms with van der Waals surface area (Å²) in [5, 5.41) is 9.51. The molecule has 1 N–H and O–H groups in total. The lowest BCUT2D eigenvalue weighted by Crippen LogP contribution is -2.35. The van der Waals surface area contributed by atoms with E-state index in [1.54, 1.807) is 4.90 Å². The van der Waals surface area contributed by atoms with Crippen molar-refractivity contribution in [1.29, 1.82) is 0 Å². The molecule has 5 heteroatoms. The summed E-state index contributed by atoms with van der Waals surface area (Å²) in [7, 11) is 0. The molecule has 118 valence electrons. The number of carboxylic acids is 1. The normalized spacial score (nSPS) is 18.8. The number of carbonyl (C=O) groups excluding carboxylic acids is 1. The molecule has 1 fully saturated rings. The zero-order valence-corrected chi connectivity index (χ0v) is 13.2. The van der Waals surface area contributed by atoms with E-state index in [-0.39, 0.29) is 6.09 Å². The number of nitrogens with zero attached hydrogens (tertiary/aromatic N) is 1. The van der Waals surface area contributed by atoms with Crippen molar-refractivity contribution in [2.45, 2.75) is 51.0 Å². The maximum Gasteiger partial charge on any atom is 0.414 e. The molecule has 2 aliphatic rings. The second kappa shape index (κ2) is 4.73. The van der Waals surface area contributed by atoms with Crippen molar-refractivity contribution in [3.8, 4) is 0 Å². The Kier molecular flexibility index (Phi) is 3.20. The molecule has 0 spiro atoms. The molecule has 3 rings (SSSR count). The lowest BCUT2D eigenvalue weighted by atomic mass is 9.90. The quantitative estimate of drug-likeness (QED) is 0.911. The van der Waals surface area contributed by atoms with E-state index in [1.807, 2.05) is 39.0 Å². The first-order chi connectivity index (χ1) is 10.2. The van der Waals surface area contributed by atoms with Gasteiger partial charge < -0.3 is 9.84 Å². The van der Waals surface area contributed by atoms with E-state index in [9.17, 15) is 14.7 Å². The number of carboxylic acid groups (broad SMARTS) is 1. The molecule has 1 aromatic rings. The van der Waals surface area contributed by atoms with E-state index in [4.69, 9.17) is 4.74 Å². The van der Waals surface area contributed by atoms with Gasteiger partial charge in [-0.15, -0.1) is 0 Å². The van der Waals surface area contributed by atoms with E-state index in [1.165, 1.54) is 0 Å². The number of carbonyl (C=O) groups is 2. The molecule has 1 heterocycles. The van der Waals surface area contributed by atoms with Gasteiger partial charge in [0.05, 0.1) is 11.1 Å². The number of aliphatic carboxylic acids is 1. The fourth-order valence-electron chi connectivity index (χ4n) is 3.11. The topological polar surface area (TPSA) is 66.8 Å². The first-order valence-electron chi connectivity index (χ1n) is 7.61. The number of hydrogen-bond donors (Lipinski definition) is 1. The molecule has 1 amide bonds. The predicted molar refractivity (Wildman–Crippen MR) is 82.3 cm³/mol. The first kappa shape index (κ1) is 14.9. The molecule has 0 aromatic heterocycles. The summed E-state index contributed by atoms with van der Waals surface area (Å²) in [6.07, 6.45) is 1.65. The van der Waals surface area contributed by atoms with Crippen LogP contribution in [0.25, 0.3) is 0 Å². The van der Waals surface area contributed by atoms with Crippen molar-refractivity contribution in [1.82, 2.24) is 0 Å². The van der Waals surface area contributed by atoms with Gasteiger partial charge in [0.2, 0.25) is 0 Å². The molecule has 1 saturated carbocycles. The highest BCUT2D eigenvalue weighted by Gasteiger charge is 2.53. The zero-order valence-electron chi connectivity index (χ0n) is 13.2. The Labute approximate surface area is 129 Å². The van der Waals surface area contributed by atoms with Crippen molar-refractivity contribution in [2.24, 2.45) is 0 Å². The fourth-order valence-corrected chi connectivity index (χ4v) is 3.11. The van der Waals surface area contributed by atoms with Gasteiger partial charge in [-0.2, -0.15) is 0 Å². The lowest BCUT2D eigenvalue weighted by Gasteiger charge is -2.25. The maximum absolute atomic E-state index is 12.3. The molecule has 5 nitrogen and oxygen atoms in total. The molecular weight excluding hydrogens is 282 g/mol. The van der Waals surface area contributed by atoms with Crippen LogP contribution < -0.4 is 4.90 Å². The van der Waals surface area contributed by atoms with Gasteiger partial charge in [0, 0.05) is 6.54 Å². The van der Waals surface area contributed by atoms with Crippen LogP contribution >= 0.6 is 0 Å². The van der Waals surface area contributed by atoms with E-state index in [0.717, 1.165) is 16.8 Å². The van der Waals surface area contributed by atoms with Crippen LogP contribution in [-0.2, 0) is 21.4 Å². The number of rotatable bonds is 2. The van der Waals surface area contributed by atoms with Crippen LogP contribution in [-0.4, -0.2) is 29.3 Å². The largest absolute Gasteiger partial charge is 0.481 e. The number of amides is 1. The van der Waals surface area contributed by atoms with Gasteiger partial charge in [0.15, 0.2) is 0 Å². The minimum Gasteiger partial charge on any atom is -0.481 e. The number of hydrogen-bond acceptors (Lipinski definition) is 3. The Bertz CT molecular complexity index is 641. The lowest BCUT2D eigenvalue weighted by molar-refractivity contribution is -0.140. The standard InChI is InChI=1S/C17H21NO4/c1-16(2,3)22-15(21)18-10-7-11-12(5-4-6-13(11)18)17(8-9-17)14(19)20/h4-6H,7-10H2,1-3H3,(H,19,20). The van der Waals surface area contributed by atoms with Crippen LogP contribution in [0.2, 0.25) is 0 Å². The Hall–Kier alpha value is -2.04. The molecule has 0 radical (unpaired) electrons. The summed E-state index contributed by atoms with van der Waals surface area (Å²) in [6.45, 7) is 6.04. The number of fused-ring (bicyclic) bond motifs is 1. The SMILES string of the molecule is CC(C)(C)OC(=O)N1CCc2c1cccc2C1(C(=O)O)CC1. The summed E-state index contributed by atoms with van der Waals surface area (Å²) in [5.41, 5.74) is 1.35. The Balaban J connectivity index is 1.93. The van der Waals surface area contributed by atoms with Gasteiger partial charge in [-0.05, 0) is 57.2 Å². The smallest absolute Gasteiger partial charge is 0.414 e. The zero-order chi connectivity index (χ0) is 16.1. The van der Waals surface area contributed by atoms with E-state index >= 15 is 0 Å². The minimum absolute atomic E-state index is 0.372. The summed E-state index contributed by atoms with van der Waals surface area (Å²) in [4.78, 5) is 25.5. The Morgan fingerprint density at radius 3 is 2.50 bits per heavy atom. The van der Waals surface area contributed by atoms with Crippen molar-refractivity contribution in [3.63, 3.8) is 0 Å². The first-order valence-corrected chi connectivity index (χ1v) is 7.61. The highest BCUT2D eigenvalue weighted by molar-refractivity contribution is 5.93. The van der Waals surface area contributed by atoms with Crippen LogP contribution in [0.5, 0.6) is 0 Å². The summed E-state index contributed by atoms with van der Waals surface area (Å²) < 4.78 is 5.44. The Morgan fingerprint density at radius 1 is 1.27 bits per heavy atom. The highest BCUT2D eigenvalue weighted by atomic mass is 16.6. The third kappa shape index (κ3) is 2.34. The molecule has 0 atom stereocenters. The van der Waals surface area contributed by atoms with Crippen molar-refractivity contribution < 1.29 is 19.4 Å². The average Bonchev–Trinajstić information content (AvgIpc) is 3.09. The molecule has 0 saturated heterocycles. The molecule has 1 aliphatic heterocycles. The van der Waals surface area contributed by atoms with Crippen LogP contribution in [0, 0.1) is 0 Å². The van der Waals surface area contributed by atoms with Gasteiger partial charge in [-0.1, -0.05) is 12.1 Å². The number of benzene rings is 1. The van der Waals surface area contributed by atoms with Crippen molar-refractivity contribution in [2.75, 3.05) is 11.4 Å². The van der Waals surface area contributed by atoms with Crippen LogP contribution in [0.1, 0.15) is 44.7 Å². The molecular formula is C17H21NO4. The molecule has 0 unspecified atom stereocenters. The van der Waals surface area contributed by atoms with E-state index in [2.05, 4.69) is 0 Å². The van der Waals surface area contributed by atoms with Crippen LogP contribution in [0.15, 0.2) is 18.2 Å². The van der Waals surface area contributed by atoms with E-state index < -0.39 is 17.0 Å². The third-order valence-electron chi connectivity index (χ3n) is 4.32. The molecule has 1 aromatic carbocycles. The van der Waals surface area contributed by atoms with E-state index in [0.29, 0.717) is 25.8 Å². The summed E-state index contributed by atoms with van der Waals surface area (Å²) >= 11 is 0. The van der Waals surface area contributed by atoms with Gasteiger partial charge in [-0.25, -0.2) is 4.79 Å². The monoisotopic (exact) mass is 303 g/mol. The number of anilines is 1. The maximum atomic E-state index is 12.3. The van der Waals surface area contributed by atoms with Crippen molar-refractivity contribution in [3.05, 3.63) is 29.3 Å². The molecule has 22 heavy (non-hydrogen) atoms. The highest BCUT2D eigenvalue weighted by Crippen LogP contribution is 2.51. The van der Waals surface area contributed by atoms with Crippen LogP contribution in [0.4, 0.5) is 10.5 Å². The minimum atomic E-state index is -0.767. The summed E-state index contributed by atoms with van der Waals surface area (Å²) in [6, 6.07) is 5.59. The summed E-state index contributed by atoms with van der Waals surface area (Å²) in [5.74, 6) is -0.767. The van der Waals surface area contributed by atoms with Gasteiger partial charge in [0.25, 0.3) is 0 Å². The van der Waals surface area contributed by atoms with Crippen molar-refractivity contribution >= 4 is 17.7 Å². The van der Waals surface area contributed by atoms with Crippen LogP contribution in [0.3, 0.4) is 0 Å². The second-order valence-corrected chi connectivity index (χ2v) is 7.07. The van der Waals surface area contributed by atoms with Gasteiger partial charge >= 0.3 is 12.1 Å². The Morgan fingerprint density at radius 2 is 1.95 bits per heavy atom. The predicted octanol–water partition coefficient (Wildman–Crippen LogP) is 3.10. The van der Waals surface area contributed by atoms with Gasteiger partial charge in [-0.3, -0.25) is 9.69 Å². The average molecular weight is 303 g/mol. The van der Waals surface area contributed by atoms with Gasteiger partial charge in [0.1, 0.15) is 5.60 Å². The molecule has 1 aliphatic carbocycles. The fraction of sp³-hybridized carbons (Fsp3) is 0.529. The number of ether oxygens (including phenoxy) is 1. The molecule has 0 bridgehead atoms. The third-order valence-corrected chi connectivity index (χ3v) is 4.32.